The number of hydrogen-bond donors (Lipinski definition) is 2. The first-order valence-electron chi connectivity index (χ1n) is 5.21. The SMILES string of the molecule is O=c1nc(NC2CC2)c2c([nH]1)CCC2. The third kappa shape index (κ3) is 1.31. The Balaban J connectivity index is 2.03. The quantitative estimate of drug-likeness (QED) is 0.728. The maximum atomic E-state index is 11.2. The average Bonchev–Trinajstić information content (AvgIpc) is 2.81. The second-order valence-electron chi connectivity index (χ2n) is 4.12. The molecule has 2 aliphatic carbocycles. The van der Waals surface area contributed by atoms with Crippen LogP contribution in [-0.4, -0.2) is 16.0 Å². The molecule has 0 amide bonds. The summed E-state index contributed by atoms with van der Waals surface area (Å²) in [6.45, 7) is 0. The Kier molecular flexibility index (Phi) is 1.63. The molecule has 2 aliphatic rings. The predicted octanol–water partition coefficient (Wildman–Crippen LogP) is 0.833. The number of rotatable bonds is 2. The summed E-state index contributed by atoms with van der Waals surface area (Å²) in [5, 5.41) is 3.33. The molecule has 1 aromatic rings. The highest BCUT2D eigenvalue weighted by molar-refractivity contribution is 5.49. The summed E-state index contributed by atoms with van der Waals surface area (Å²) in [4.78, 5) is 18.1. The van der Waals surface area contributed by atoms with E-state index in [1.807, 2.05) is 0 Å². The molecule has 1 heterocycles. The summed E-state index contributed by atoms with van der Waals surface area (Å²) >= 11 is 0. The van der Waals surface area contributed by atoms with E-state index in [4.69, 9.17) is 0 Å². The monoisotopic (exact) mass is 191 g/mol. The molecule has 0 bridgehead atoms. The van der Waals surface area contributed by atoms with Crippen molar-refractivity contribution in [3.63, 3.8) is 0 Å². The van der Waals surface area contributed by atoms with Gasteiger partial charge in [0.1, 0.15) is 5.82 Å². The summed E-state index contributed by atoms with van der Waals surface area (Å²) < 4.78 is 0. The number of anilines is 1. The lowest BCUT2D eigenvalue weighted by Crippen LogP contribution is -2.18. The van der Waals surface area contributed by atoms with Crippen LogP contribution in [0.5, 0.6) is 0 Å². The molecule has 4 nitrogen and oxygen atoms in total. The van der Waals surface area contributed by atoms with Crippen molar-refractivity contribution in [1.82, 2.24) is 9.97 Å². The van der Waals surface area contributed by atoms with Gasteiger partial charge in [-0.05, 0) is 32.1 Å². The first-order valence-corrected chi connectivity index (χ1v) is 5.21. The molecular weight excluding hydrogens is 178 g/mol. The fourth-order valence-electron chi connectivity index (χ4n) is 2.01. The number of aromatic nitrogens is 2. The minimum absolute atomic E-state index is 0.214. The van der Waals surface area contributed by atoms with Crippen LogP contribution in [0.25, 0.3) is 0 Å². The Labute approximate surface area is 81.8 Å². The van der Waals surface area contributed by atoms with E-state index in [-0.39, 0.29) is 5.69 Å². The summed E-state index contributed by atoms with van der Waals surface area (Å²) in [7, 11) is 0. The van der Waals surface area contributed by atoms with Gasteiger partial charge in [0.15, 0.2) is 0 Å². The minimum Gasteiger partial charge on any atom is -0.367 e. The molecule has 0 atom stereocenters. The van der Waals surface area contributed by atoms with Crippen LogP contribution in [0, 0.1) is 0 Å². The Morgan fingerprint density at radius 2 is 2.21 bits per heavy atom. The van der Waals surface area contributed by atoms with Crippen molar-refractivity contribution in [1.29, 1.82) is 0 Å². The minimum atomic E-state index is -0.214. The fourth-order valence-corrected chi connectivity index (χ4v) is 2.01. The highest BCUT2D eigenvalue weighted by Gasteiger charge is 2.25. The highest BCUT2D eigenvalue weighted by Crippen LogP contribution is 2.29. The van der Waals surface area contributed by atoms with Gasteiger partial charge in [-0.2, -0.15) is 4.98 Å². The Bertz CT molecular complexity index is 420. The Morgan fingerprint density at radius 1 is 1.36 bits per heavy atom. The molecule has 0 aromatic carbocycles. The first kappa shape index (κ1) is 8.03. The second-order valence-corrected chi connectivity index (χ2v) is 4.12. The smallest absolute Gasteiger partial charge is 0.347 e. The van der Waals surface area contributed by atoms with Gasteiger partial charge in [-0.3, -0.25) is 0 Å². The largest absolute Gasteiger partial charge is 0.367 e. The number of H-pyrrole nitrogens is 1. The van der Waals surface area contributed by atoms with Gasteiger partial charge in [0.25, 0.3) is 0 Å². The average molecular weight is 191 g/mol. The molecule has 0 unspecified atom stereocenters. The molecule has 0 spiro atoms. The van der Waals surface area contributed by atoms with Crippen LogP contribution in [0.3, 0.4) is 0 Å². The first-order chi connectivity index (χ1) is 6.83. The number of fused-ring (bicyclic) bond motifs is 1. The molecule has 0 saturated heterocycles. The van der Waals surface area contributed by atoms with Gasteiger partial charge >= 0.3 is 5.69 Å². The number of nitrogens with zero attached hydrogens (tertiary/aromatic N) is 1. The van der Waals surface area contributed by atoms with Gasteiger partial charge in [-0.25, -0.2) is 4.79 Å². The van der Waals surface area contributed by atoms with Crippen LogP contribution < -0.4 is 11.0 Å². The van der Waals surface area contributed by atoms with Gasteiger partial charge in [0, 0.05) is 17.3 Å². The van der Waals surface area contributed by atoms with E-state index in [9.17, 15) is 4.79 Å². The van der Waals surface area contributed by atoms with E-state index in [1.165, 1.54) is 18.4 Å². The summed E-state index contributed by atoms with van der Waals surface area (Å²) in [5.74, 6) is 0.837. The van der Waals surface area contributed by atoms with E-state index in [0.29, 0.717) is 6.04 Å². The molecule has 2 N–H and O–H groups in total. The van der Waals surface area contributed by atoms with E-state index < -0.39 is 0 Å². The number of aryl methyl sites for hydroxylation is 1. The van der Waals surface area contributed by atoms with Crippen LogP contribution in [0.4, 0.5) is 5.82 Å². The van der Waals surface area contributed by atoms with Crippen LogP contribution in [-0.2, 0) is 12.8 Å². The van der Waals surface area contributed by atoms with Crippen molar-refractivity contribution >= 4 is 5.82 Å². The van der Waals surface area contributed by atoms with Gasteiger partial charge in [0.2, 0.25) is 0 Å². The van der Waals surface area contributed by atoms with Crippen LogP contribution in [0.1, 0.15) is 30.5 Å². The molecule has 4 heteroatoms. The van der Waals surface area contributed by atoms with Crippen molar-refractivity contribution in [3.8, 4) is 0 Å². The van der Waals surface area contributed by atoms with E-state index in [0.717, 1.165) is 30.8 Å². The number of hydrogen-bond acceptors (Lipinski definition) is 3. The fraction of sp³-hybridized carbons (Fsp3) is 0.600. The zero-order chi connectivity index (χ0) is 9.54. The van der Waals surface area contributed by atoms with Crippen molar-refractivity contribution in [2.24, 2.45) is 0 Å². The molecule has 0 radical (unpaired) electrons. The molecule has 1 aromatic heterocycles. The Hall–Kier alpha value is -1.32. The number of nitrogens with one attached hydrogen (secondary N) is 2. The lowest BCUT2D eigenvalue weighted by atomic mass is 10.2. The summed E-state index contributed by atoms with van der Waals surface area (Å²) in [5.41, 5.74) is 2.11. The topological polar surface area (TPSA) is 57.8 Å². The zero-order valence-electron chi connectivity index (χ0n) is 7.97. The second kappa shape index (κ2) is 2.83. The lowest BCUT2D eigenvalue weighted by Gasteiger charge is -2.07. The molecule has 3 rings (SSSR count). The van der Waals surface area contributed by atoms with Crippen molar-refractivity contribution in [2.75, 3.05) is 5.32 Å². The maximum absolute atomic E-state index is 11.2. The standard InChI is InChI=1S/C10H13N3O/c14-10-12-8-3-1-2-7(8)9(13-10)11-6-4-5-6/h6H,1-5H2,(H2,11,12,13,14). The molecular formula is C10H13N3O. The zero-order valence-corrected chi connectivity index (χ0v) is 7.97. The van der Waals surface area contributed by atoms with Crippen molar-refractivity contribution in [3.05, 3.63) is 21.7 Å². The normalized spacial score (nSPS) is 19.4. The van der Waals surface area contributed by atoms with E-state index in [1.54, 1.807) is 0 Å². The lowest BCUT2D eigenvalue weighted by molar-refractivity contribution is 0.895. The summed E-state index contributed by atoms with van der Waals surface area (Å²) in [6.07, 6.45) is 5.60. The van der Waals surface area contributed by atoms with Gasteiger partial charge in [0.05, 0.1) is 0 Å². The maximum Gasteiger partial charge on any atom is 0.347 e. The van der Waals surface area contributed by atoms with Crippen LogP contribution in [0.15, 0.2) is 4.79 Å². The van der Waals surface area contributed by atoms with Gasteiger partial charge in [-0.1, -0.05) is 0 Å². The molecule has 14 heavy (non-hydrogen) atoms. The van der Waals surface area contributed by atoms with Crippen LogP contribution in [0.2, 0.25) is 0 Å². The van der Waals surface area contributed by atoms with Crippen LogP contribution >= 0.6 is 0 Å². The molecule has 0 aliphatic heterocycles. The molecule has 1 fully saturated rings. The summed E-state index contributed by atoms with van der Waals surface area (Å²) in [6, 6.07) is 0.564. The van der Waals surface area contributed by atoms with Crippen molar-refractivity contribution in [2.45, 2.75) is 38.1 Å². The highest BCUT2D eigenvalue weighted by atomic mass is 16.1. The third-order valence-electron chi connectivity index (χ3n) is 2.89. The van der Waals surface area contributed by atoms with Crippen molar-refractivity contribution < 1.29 is 0 Å². The van der Waals surface area contributed by atoms with Gasteiger partial charge < -0.3 is 10.3 Å². The Morgan fingerprint density at radius 3 is 3.00 bits per heavy atom. The van der Waals surface area contributed by atoms with Gasteiger partial charge in [-0.15, -0.1) is 0 Å². The molecule has 1 saturated carbocycles. The van der Waals surface area contributed by atoms with E-state index >= 15 is 0 Å². The predicted molar refractivity (Wildman–Crippen MR) is 53.5 cm³/mol. The molecule has 74 valence electrons. The third-order valence-corrected chi connectivity index (χ3v) is 2.89. The number of aromatic amines is 1. The van der Waals surface area contributed by atoms with E-state index in [2.05, 4.69) is 15.3 Å².